The van der Waals surface area contributed by atoms with E-state index >= 15 is 0 Å². The van der Waals surface area contributed by atoms with Crippen LogP contribution in [0.25, 0.3) is 0 Å². The molecular formula is C21H29N3O3. The van der Waals surface area contributed by atoms with Gasteiger partial charge in [-0.25, -0.2) is 4.79 Å². The molecule has 0 saturated heterocycles. The number of hydrogen-bond acceptors (Lipinski definition) is 4. The van der Waals surface area contributed by atoms with E-state index < -0.39 is 0 Å². The largest absolute Gasteiger partial charge is 0.493 e. The monoisotopic (exact) mass is 371 g/mol. The Labute approximate surface area is 160 Å². The van der Waals surface area contributed by atoms with E-state index in [9.17, 15) is 9.90 Å². The molecule has 3 heterocycles. The summed E-state index contributed by atoms with van der Waals surface area (Å²) in [5.41, 5.74) is 2.05. The van der Waals surface area contributed by atoms with E-state index in [1.807, 2.05) is 12.1 Å². The van der Waals surface area contributed by atoms with Crippen molar-refractivity contribution in [1.82, 2.24) is 14.0 Å². The second-order valence-corrected chi connectivity index (χ2v) is 7.72. The van der Waals surface area contributed by atoms with Crippen LogP contribution < -0.4 is 10.4 Å². The molecule has 6 nitrogen and oxygen atoms in total. The van der Waals surface area contributed by atoms with Crippen LogP contribution >= 0.6 is 0 Å². The van der Waals surface area contributed by atoms with Crippen LogP contribution in [0.2, 0.25) is 0 Å². The Morgan fingerprint density at radius 2 is 2.07 bits per heavy atom. The number of ether oxygens (including phenoxy) is 1. The van der Waals surface area contributed by atoms with E-state index in [0.717, 1.165) is 69.5 Å². The van der Waals surface area contributed by atoms with Crippen LogP contribution in [0.15, 0.2) is 29.1 Å². The van der Waals surface area contributed by atoms with Crippen molar-refractivity contribution in [1.29, 1.82) is 0 Å². The highest BCUT2D eigenvalue weighted by molar-refractivity contribution is 5.35. The molecule has 1 atom stereocenters. The average molecular weight is 371 g/mol. The Balaban J connectivity index is 1.28. The molecule has 0 spiro atoms. The minimum absolute atomic E-state index is 0.0530. The molecule has 2 aromatic rings. The van der Waals surface area contributed by atoms with Crippen LogP contribution in [0.4, 0.5) is 0 Å². The summed E-state index contributed by atoms with van der Waals surface area (Å²) in [6.45, 7) is 2.22. The Hall–Kier alpha value is -2.21. The number of aromatic hydroxyl groups is 1. The number of imidazole rings is 1. The molecule has 0 saturated carbocycles. The Morgan fingerprint density at radius 3 is 2.93 bits per heavy atom. The fraction of sp³-hybridized carbons (Fsp3) is 0.571. The predicted molar refractivity (Wildman–Crippen MR) is 104 cm³/mol. The molecule has 0 radical (unpaired) electrons. The van der Waals surface area contributed by atoms with Gasteiger partial charge in [-0.15, -0.1) is 0 Å². The fourth-order valence-corrected chi connectivity index (χ4v) is 4.26. The highest BCUT2D eigenvalue weighted by Gasteiger charge is 2.23. The van der Waals surface area contributed by atoms with E-state index in [1.165, 1.54) is 5.56 Å². The van der Waals surface area contributed by atoms with Crippen molar-refractivity contribution in [2.24, 2.45) is 0 Å². The van der Waals surface area contributed by atoms with E-state index in [2.05, 4.69) is 24.1 Å². The molecule has 2 aliphatic heterocycles. The van der Waals surface area contributed by atoms with Crippen LogP contribution in [-0.2, 0) is 25.9 Å². The van der Waals surface area contributed by atoms with Gasteiger partial charge in [-0.3, -0.25) is 14.0 Å². The highest BCUT2D eigenvalue weighted by Crippen LogP contribution is 2.28. The number of rotatable bonds is 6. The van der Waals surface area contributed by atoms with Gasteiger partial charge in [-0.2, -0.15) is 0 Å². The van der Waals surface area contributed by atoms with Crippen LogP contribution in [0.5, 0.6) is 11.6 Å². The van der Waals surface area contributed by atoms with Gasteiger partial charge in [-0.1, -0.05) is 18.2 Å². The van der Waals surface area contributed by atoms with Crippen molar-refractivity contribution in [3.63, 3.8) is 0 Å². The lowest BCUT2D eigenvalue weighted by Crippen LogP contribution is -2.39. The predicted octanol–water partition coefficient (Wildman–Crippen LogP) is 2.76. The van der Waals surface area contributed by atoms with Crippen LogP contribution in [0.1, 0.15) is 43.4 Å². The summed E-state index contributed by atoms with van der Waals surface area (Å²) in [5, 5.41) is 10.4. The van der Waals surface area contributed by atoms with Crippen molar-refractivity contribution in [2.75, 3.05) is 13.6 Å². The van der Waals surface area contributed by atoms with E-state index in [1.54, 1.807) is 9.13 Å². The van der Waals surface area contributed by atoms with Gasteiger partial charge in [-0.05, 0) is 57.2 Å². The number of nitrogens with zero attached hydrogens (tertiary/aromatic N) is 3. The molecule has 1 aromatic carbocycles. The minimum Gasteiger partial charge on any atom is -0.493 e. The number of para-hydroxylation sites is 1. The van der Waals surface area contributed by atoms with E-state index in [4.69, 9.17) is 4.74 Å². The van der Waals surface area contributed by atoms with Crippen molar-refractivity contribution in [3.05, 3.63) is 46.0 Å². The topological polar surface area (TPSA) is 59.6 Å². The van der Waals surface area contributed by atoms with Crippen LogP contribution in [-0.4, -0.2) is 39.0 Å². The van der Waals surface area contributed by atoms with Crippen molar-refractivity contribution in [3.8, 4) is 11.6 Å². The summed E-state index contributed by atoms with van der Waals surface area (Å²) >= 11 is 0. The molecule has 0 fully saturated rings. The van der Waals surface area contributed by atoms with Crippen LogP contribution in [0.3, 0.4) is 0 Å². The van der Waals surface area contributed by atoms with Crippen LogP contribution in [0, 0.1) is 0 Å². The molecule has 2 aliphatic rings. The Bertz CT molecular complexity index is 855. The first-order chi connectivity index (χ1) is 13.1. The van der Waals surface area contributed by atoms with Gasteiger partial charge in [0.25, 0.3) is 0 Å². The quantitative estimate of drug-likeness (QED) is 0.794. The van der Waals surface area contributed by atoms with Crippen molar-refractivity contribution in [2.45, 2.75) is 64.3 Å². The maximum absolute atomic E-state index is 12.5. The first-order valence-electron chi connectivity index (χ1n) is 10.1. The lowest BCUT2D eigenvalue weighted by Gasteiger charge is -2.32. The molecule has 6 heteroatoms. The Morgan fingerprint density at radius 1 is 1.22 bits per heavy atom. The summed E-state index contributed by atoms with van der Waals surface area (Å²) < 4.78 is 9.43. The average Bonchev–Trinajstić information content (AvgIpc) is 2.95. The van der Waals surface area contributed by atoms with Gasteiger partial charge >= 0.3 is 5.69 Å². The summed E-state index contributed by atoms with van der Waals surface area (Å²) in [6.07, 6.45) is 6.85. The SMILES string of the molecule is CN(CCCCn1c(O)c2n(c1=O)CCCC2)C1CCc2ccccc2O1. The molecule has 27 heavy (non-hydrogen) atoms. The zero-order valence-electron chi connectivity index (χ0n) is 16.1. The lowest BCUT2D eigenvalue weighted by atomic mass is 10.0. The lowest BCUT2D eigenvalue weighted by molar-refractivity contribution is 0.0268. The molecule has 0 aliphatic carbocycles. The zero-order valence-corrected chi connectivity index (χ0v) is 16.1. The Kier molecular flexibility index (Phi) is 5.25. The zero-order chi connectivity index (χ0) is 18.8. The van der Waals surface area contributed by atoms with Gasteiger partial charge in [0.2, 0.25) is 5.88 Å². The molecule has 4 rings (SSSR count). The standard InChI is InChI=1S/C21H29N3O3/c1-22(19-12-11-16-8-2-3-10-18(16)27-19)13-6-7-15-24-20(25)17-9-4-5-14-23(17)21(24)26/h2-3,8,10,19,25H,4-7,9,11-15H2,1H3. The number of unbranched alkanes of at least 4 members (excludes halogenated alkanes) is 1. The maximum atomic E-state index is 12.5. The second kappa shape index (κ2) is 7.80. The number of hydrogen-bond donors (Lipinski definition) is 1. The number of fused-ring (bicyclic) bond motifs is 2. The third-order valence-electron chi connectivity index (χ3n) is 5.88. The molecule has 0 bridgehead atoms. The second-order valence-electron chi connectivity index (χ2n) is 7.72. The van der Waals surface area contributed by atoms with E-state index in [-0.39, 0.29) is 17.8 Å². The van der Waals surface area contributed by atoms with Gasteiger partial charge < -0.3 is 9.84 Å². The fourth-order valence-electron chi connectivity index (χ4n) is 4.26. The van der Waals surface area contributed by atoms with E-state index in [0.29, 0.717) is 6.54 Å². The van der Waals surface area contributed by atoms with Crippen molar-refractivity contribution < 1.29 is 9.84 Å². The number of aryl methyl sites for hydroxylation is 1. The van der Waals surface area contributed by atoms with Gasteiger partial charge in [0.1, 0.15) is 5.75 Å². The van der Waals surface area contributed by atoms with Crippen molar-refractivity contribution >= 4 is 0 Å². The molecule has 1 unspecified atom stereocenters. The summed E-state index contributed by atoms with van der Waals surface area (Å²) in [5.74, 6) is 1.18. The number of aromatic nitrogens is 2. The third-order valence-corrected chi connectivity index (χ3v) is 5.88. The van der Waals surface area contributed by atoms with Gasteiger partial charge in [0.05, 0.1) is 5.69 Å². The number of benzene rings is 1. The molecule has 1 aromatic heterocycles. The third kappa shape index (κ3) is 3.63. The smallest absolute Gasteiger partial charge is 0.331 e. The summed E-state index contributed by atoms with van der Waals surface area (Å²) in [4.78, 5) is 14.7. The maximum Gasteiger partial charge on any atom is 0.331 e. The summed E-state index contributed by atoms with van der Waals surface area (Å²) in [6, 6.07) is 8.25. The minimum atomic E-state index is -0.0530. The molecular weight excluding hydrogens is 342 g/mol. The molecule has 0 amide bonds. The molecule has 1 N–H and O–H groups in total. The van der Waals surface area contributed by atoms with Gasteiger partial charge in [0, 0.05) is 26.1 Å². The summed E-state index contributed by atoms with van der Waals surface area (Å²) in [7, 11) is 2.10. The van der Waals surface area contributed by atoms with Gasteiger partial charge in [0.15, 0.2) is 6.23 Å². The first kappa shape index (κ1) is 18.2. The highest BCUT2D eigenvalue weighted by atomic mass is 16.5. The first-order valence-corrected chi connectivity index (χ1v) is 10.1. The normalized spacial score (nSPS) is 18.8. The molecule has 146 valence electrons.